The zero-order chi connectivity index (χ0) is 13.6. The number of hydrogen-bond donors (Lipinski definition) is 3. The summed E-state index contributed by atoms with van der Waals surface area (Å²) in [6, 6.07) is 5.67. The first-order chi connectivity index (χ1) is 9.06. The van der Waals surface area contributed by atoms with Crippen molar-refractivity contribution in [1.82, 2.24) is 15.5 Å². The van der Waals surface area contributed by atoms with Crippen LogP contribution >= 0.6 is 0 Å². The minimum absolute atomic E-state index is 0.0967. The molecular weight excluding hydrogens is 246 g/mol. The average Bonchev–Trinajstić information content (AvgIpc) is 2.65. The van der Waals surface area contributed by atoms with Gasteiger partial charge in [-0.3, -0.25) is 4.79 Å². The normalized spacial score (nSPS) is 22.2. The average molecular weight is 259 g/mol. The summed E-state index contributed by atoms with van der Waals surface area (Å²) in [5, 5.41) is 14.7. The van der Waals surface area contributed by atoms with Crippen molar-refractivity contribution >= 4 is 11.9 Å². The maximum Gasteiger partial charge on any atom is 0.319 e. The third kappa shape index (κ3) is 1.81. The summed E-state index contributed by atoms with van der Waals surface area (Å²) in [7, 11) is 1.70. The summed E-state index contributed by atoms with van der Waals surface area (Å²) in [4.78, 5) is 25.3. The summed E-state index contributed by atoms with van der Waals surface area (Å²) in [5.41, 5.74) is 1.98. The van der Waals surface area contributed by atoms with Crippen molar-refractivity contribution in [2.24, 2.45) is 0 Å². The Bertz CT molecular complexity index is 592. The molecule has 1 atom stereocenters. The molecule has 98 valence electrons. The Labute approximate surface area is 109 Å². The van der Waals surface area contributed by atoms with E-state index >= 15 is 0 Å². The maximum atomic E-state index is 12.1. The van der Waals surface area contributed by atoms with E-state index in [9.17, 15) is 14.7 Å². The number of benzene rings is 1. The number of hydrogen-bond acceptors (Lipinski definition) is 3. The monoisotopic (exact) mass is 259 g/mol. The smallest absolute Gasteiger partial charge is 0.319 e. The fraction of sp³-hybridized carbons (Fsp3) is 0.231. The second kappa shape index (κ2) is 4.01. The lowest BCUT2D eigenvalue weighted by Gasteiger charge is -2.25. The van der Waals surface area contributed by atoms with E-state index in [2.05, 4.69) is 10.6 Å². The molecule has 0 radical (unpaired) electrons. The SMILES string of the molecule is CN1CC2=C(C1=O)C(c1ccc(O)cc1)NC(=O)N2. The lowest BCUT2D eigenvalue weighted by atomic mass is 9.96. The second-order valence-electron chi connectivity index (χ2n) is 4.68. The van der Waals surface area contributed by atoms with E-state index in [1.54, 1.807) is 24.1 Å². The van der Waals surface area contributed by atoms with E-state index in [1.165, 1.54) is 12.1 Å². The highest BCUT2D eigenvalue weighted by molar-refractivity contribution is 6.01. The van der Waals surface area contributed by atoms with Gasteiger partial charge in [0, 0.05) is 7.05 Å². The summed E-state index contributed by atoms with van der Waals surface area (Å²) < 4.78 is 0. The molecule has 1 aromatic carbocycles. The van der Waals surface area contributed by atoms with Gasteiger partial charge in [-0.05, 0) is 17.7 Å². The fourth-order valence-electron chi connectivity index (χ4n) is 2.43. The van der Waals surface area contributed by atoms with Crippen LogP contribution in [0.4, 0.5) is 4.79 Å². The van der Waals surface area contributed by atoms with Crippen LogP contribution in [0, 0.1) is 0 Å². The molecule has 1 aromatic rings. The van der Waals surface area contributed by atoms with Crippen LogP contribution < -0.4 is 10.6 Å². The van der Waals surface area contributed by atoms with Crippen molar-refractivity contribution in [3.63, 3.8) is 0 Å². The number of nitrogens with one attached hydrogen (secondary N) is 2. The van der Waals surface area contributed by atoms with Gasteiger partial charge in [-0.25, -0.2) is 4.79 Å². The first kappa shape index (κ1) is 11.6. The Kier molecular flexibility index (Phi) is 2.45. The van der Waals surface area contributed by atoms with Crippen molar-refractivity contribution in [1.29, 1.82) is 0 Å². The van der Waals surface area contributed by atoms with E-state index in [4.69, 9.17) is 0 Å². The third-order valence-corrected chi connectivity index (χ3v) is 3.35. The lowest BCUT2D eigenvalue weighted by Crippen LogP contribution is -2.44. The number of rotatable bonds is 1. The van der Waals surface area contributed by atoms with Gasteiger partial charge in [-0.1, -0.05) is 12.1 Å². The molecule has 0 spiro atoms. The van der Waals surface area contributed by atoms with E-state index in [-0.39, 0.29) is 17.7 Å². The Balaban J connectivity index is 2.04. The van der Waals surface area contributed by atoms with Crippen LogP contribution in [0.2, 0.25) is 0 Å². The molecule has 3 amide bonds. The molecule has 3 rings (SSSR count). The molecular formula is C13H13N3O3. The minimum atomic E-state index is -0.471. The standard InChI is InChI=1S/C13H13N3O3/c1-16-6-9-10(12(16)18)11(15-13(19)14-9)7-2-4-8(17)5-3-7/h2-5,11,17H,6H2,1H3,(H2,14,15,19). The number of phenols is 1. The number of nitrogens with zero attached hydrogens (tertiary/aromatic N) is 1. The molecule has 1 unspecified atom stereocenters. The number of likely N-dealkylation sites (N-methyl/N-ethyl adjacent to an activating group) is 1. The van der Waals surface area contributed by atoms with Gasteiger partial charge in [0.05, 0.1) is 23.9 Å². The van der Waals surface area contributed by atoms with E-state index in [0.717, 1.165) is 5.56 Å². The molecule has 0 saturated carbocycles. The molecule has 3 N–H and O–H groups in total. The molecule has 0 aliphatic carbocycles. The number of urea groups is 1. The van der Waals surface area contributed by atoms with Gasteiger partial charge >= 0.3 is 6.03 Å². The lowest BCUT2D eigenvalue weighted by molar-refractivity contribution is -0.124. The fourth-order valence-corrected chi connectivity index (χ4v) is 2.43. The van der Waals surface area contributed by atoms with Crippen molar-refractivity contribution < 1.29 is 14.7 Å². The minimum Gasteiger partial charge on any atom is -0.508 e. The van der Waals surface area contributed by atoms with Gasteiger partial charge in [0.1, 0.15) is 5.75 Å². The number of phenolic OH excluding ortho intramolecular Hbond substituents is 1. The molecule has 0 fully saturated rings. The highest BCUT2D eigenvalue weighted by atomic mass is 16.3. The molecule has 0 aromatic heterocycles. The quantitative estimate of drug-likeness (QED) is 0.685. The topological polar surface area (TPSA) is 81.7 Å². The van der Waals surface area contributed by atoms with Crippen LogP contribution in [0.25, 0.3) is 0 Å². The number of carbonyl (C=O) groups is 2. The van der Waals surface area contributed by atoms with Crippen molar-refractivity contribution in [2.75, 3.05) is 13.6 Å². The largest absolute Gasteiger partial charge is 0.508 e. The van der Waals surface area contributed by atoms with E-state index in [1.807, 2.05) is 0 Å². The Hall–Kier alpha value is -2.50. The Morgan fingerprint density at radius 1 is 1.26 bits per heavy atom. The molecule has 19 heavy (non-hydrogen) atoms. The zero-order valence-electron chi connectivity index (χ0n) is 10.3. The summed E-state index contributed by atoms with van der Waals surface area (Å²) in [5.74, 6) is 0.0497. The van der Waals surface area contributed by atoms with Gasteiger partial charge in [0.25, 0.3) is 5.91 Å². The van der Waals surface area contributed by atoms with Gasteiger partial charge in [0.15, 0.2) is 0 Å². The highest BCUT2D eigenvalue weighted by Gasteiger charge is 2.38. The molecule has 2 aliphatic heterocycles. The predicted octanol–water partition coefficient (Wildman–Crippen LogP) is 0.472. The van der Waals surface area contributed by atoms with Gasteiger partial charge in [-0.15, -0.1) is 0 Å². The maximum absolute atomic E-state index is 12.1. The second-order valence-corrected chi connectivity index (χ2v) is 4.68. The van der Waals surface area contributed by atoms with Crippen molar-refractivity contribution in [3.05, 3.63) is 41.1 Å². The Morgan fingerprint density at radius 3 is 2.63 bits per heavy atom. The van der Waals surface area contributed by atoms with Gasteiger partial charge < -0.3 is 20.6 Å². The summed E-state index contributed by atoms with van der Waals surface area (Å²) in [6.07, 6.45) is 0. The van der Waals surface area contributed by atoms with Crippen LogP contribution in [0.1, 0.15) is 11.6 Å². The van der Waals surface area contributed by atoms with Crippen LogP contribution in [0.3, 0.4) is 0 Å². The number of amides is 3. The zero-order valence-corrected chi connectivity index (χ0v) is 10.3. The van der Waals surface area contributed by atoms with E-state index in [0.29, 0.717) is 17.8 Å². The van der Waals surface area contributed by atoms with Crippen LogP contribution in [0.15, 0.2) is 35.5 Å². The molecule has 2 aliphatic rings. The molecule has 6 heteroatoms. The summed E-state index contributed by atoms with van der Waals surface area (Å²) >= 11 is 0. The number of carbonyl (C=O) groups excluding carboxylic acids is 2. The van der Waals surface area contributed by atoms with E-state index < -0.39 is 6.04 Å². The number of aromatic hydroxyl groups is 1. The van der Waals surface area contributed by atoms with Crippen LogP contribution in [-0.4, -0.2) is 35.5 Å². The highest BCUT2D eigenvalue weighted by Crippen LogP contribution is 2.32. The van der Waals surface area contributed by atoms with Gasteiger partial charge in [-0.2, -0.15) is 0 Å². The molecule has 2 heterocycles. The predicted molar refractivity (Wildman–Crippen MR) is 67.2 cm³/mol. The molecule has 0 saturated heterocycles. The van der Waals surface area contributed by atoms with Crippen molar-refractivity contribution in [3.8, 4) is 5.75 Å². The van der Waals surface area contributed by atoms with Gasteiger partial charge in [0.2, 0.25) is 0 Å². The van der Waals surface area contributed by atoms with Crippen LogP contribution in [-0.2, 0) is 4.79 Å². The molecule has 6 nitrogen and oxygen atoms in total. The first-order valence-electron chi connectivity index (χ1n) is 5.91. The van der Waals surface area contributed by atoms with Crippen molar-refractivity contribution in [2.45, 2.75) is 6.04 Å². The third-order valence-electron chi connectivity index (χ3n) is 3.35. The first-order valence-corrected chi connectivity index (χ1v) is 5.91. The van der Waals surface area contributed by atoms with Crippen LogP contribution in [0.5, 0.6) is 5.75 Å². The Morgan fingerprint density at radius 2 is 1.95 bits per heavy atom. The molecule has 0 bridgehead atoms. The summed E-state index contributed by atoms with van der Waals surface area (Å²) in [6.45, 7) is 0.413.